The Kier molecular flexibility index (Phi) is 3.84. The molecule has 2 aromatic heterocycles. The predicted octanol–water partition coefficient (Wildman–Crippen LogP) is 6.24. The highest BCUT2D eigenvalue weighted by atomic mass is 32.2. The van der Waals surface area contributed by atoms with E-state index in [-0.39, 0.29) is 5.88 Å². The Morgan fingerprint density at radius 3 is 2.33 bits per heavy atom. The van der Waals surface area contributed by atoms with Crippen molar-refractivity contribution in [1.29, 1.82) is 0 Å². The monoisotopic (exact) mass is 368 g/mol. The third-order valence-corrected chi connectivity index (χ3v) is 5.66. The molecule has 3 nitrogen and oxygen atoms in total. The molecule has 0 atom stereocenters. The number of hydrogen-bond acceptors (Lipinski definition) is 3. The number of H-pyrrole nitrogens is 1. The van der Waals surface area contributed by atoms with Gasteiger partial charge < -0.3 is 10.1 Å². The molecule has 5 rings (SSSR count). The van der Waals surface area contributed by atoms with Crippen molar-refractivity contribution in [2.24, 2.45) is 0 Å². The highest BCUT2D eigenvalue weighted by molar-refractivity contribution is 7.99. The second kappa shape index (κ2) is 6.49. The minimum atomic E-state index is 0.148. The van der Waals surface area contributed by atoms with Gasteiger partial charge >= 0.3 is 0 Å². The predicted molar refractivity (Wildman–Crippen MR) is 111 cm³/mol. The van der Waals surface area contributed by atoms with E-state index in [1.165, 1.54) is 4.90 Å². The van der Waals surface area contributed by atoms with Crippen LogP contribution in [0.25, 0.3) is 33.1 Å². The van der Waals surface area contributed by atoms with Crippen molar-refractivity contribution >= 4 is 33.6 Å². The molecule has 0 bridgehead atoms. The molecule has 27 heavy (non-hydrogen) atoms. The van der Waals surface area contributed by atoms with Crippen LogP contribution in [-0.2, 0) is 0 Å². The minimum Gasteiger partial charge on any atom is -0.494 e. The van der Waals surface area contributed by atoms with Crippen molar-refractivity contribution in [3.8, 4) is 17.1 Å². The summed E-state index contributed by atoms with van der Waals surface area (Å²) in [4.78, 5) is 10.2. The van der Waals surface area contributed by atoms with Crippen LogP contribution in [0.1, 0.15) is 0 Å². The van der Waals surface area contributed by atoms with E-state index >= 15 is 0 Å². The molecule has 0 aliphatic carbocycles. The van der Waals surface area contributed by atoms with E-state index in [1.807, 2.05) is 60.7 Å². The summed E-state index contributed by atoms with van der Waals surface area (Å²) >= 11 is 1.71. The van der Waals surface area contributed by atoms with E-state index in [2.05, 4.69) is 29.2 Å². The average molecular weight is 368 g/mol. The number of rotatable bonds is 3. The van der Waals surface area contributed by atoms with Gasteiger partial charge in [-0.15, -0.1) is 0 Å². The Labute approximate surface area is 160 Å². The van der Waals surface area contributed by atoms with Gasteiger partial charge in [-0.25, -0.2) is 4.98 Å². The maximum atomic E-state index is 10.5. The quantitative estimate of drug-likeness (QED) is 0.396. The van der Waals surface area contributed by atoms with Crippen molar-refractivity contribution in [1.82, 2.24) is 9.97 Å². The summed E-state index contributed by atoms with van der Waals surface area (Å²) in [7, 11) is 0. The van der Waals surface area contributed by atoms with Gasteiger partial charge in [0.25, 0.3) is 0 Å². The van der Waals surface area contributed by atoms with Gasteiger partial charge in [0, 0.05) is 26.1 Å². The fourth-order valence-corrected chi connectivity index (χ4v) is 4.36. The Hall–Kier alpha value is -3.24. The molecule has 0 aliphatic rings. The summed E-state index contributed by atoms with van der Waals surface area (Å²) < 4.78 is 0. The SMILES string of the molecule is Oc1[nH]c2ccccc2c1-c1cc(Sc2ccccc2)c2ccccc2n1. The summed E-state index contributed by atoms with van der Waals surface area (Å²) in [5.41, 5.74) is 3.32. The lowest BCUT2D eigenvalue weighted by atomic mass is 10.1. The maximum absolute atomic E-state index is 10.5. The van der Waals surface area contributed by atoms with E-state index in [9.17, 15) is 5.11 Å². The third-order valence-electron chi connectivity index (χ3n) is 4.59. The molecular formula is C23H16N2OS. The number of aromatic amines is 1. The first-order valence-electron chi connectivity index (χ1n) is 8.72. The van der Waals surface area contributed by atoms with E-state index in [0.717, 1.165) is 38.0 Å². The molecule has 5 aromatic rings. The largest absolute Gasteiger partial charge is 0.494 e. The first-order chi connectivity index (χ1) is 13.3. The molecule has 2 heterocycles. The van der Waals surface area contributed by atoms with E-state index in [4.69, 9.17) is 4.98 Å². The first-order valence-corrected chi connectivity index (χ1v) is 9.54. The maximum Gasteiger partial charge on any atom is 0.199 e. The lowest BCUT2D eigenvalue weighted by molar-refractivity contribution is 0.460. The number of nitrogens with zero attached hydrogens (tertiary/aromatic N) is 1. The number of nitrogens with one attached hydrogen (secondary N) is 1. The zero-order chi connectivity index (χ0) is 18.2. The standard InChI is InChI=1S/C23H16N2OS/c26-23-22(17-11-5-7-13-19(17)25-23)20-14-21(27-15-8-2-1-3-9-15)16-10-4-6-12-18(16)24-20/h1-14,25-26H. The molecule has 2 N–H and O–H groups in total. The molecular weight excluding hydrogens is 352 g/mol. The van der Waals surface area contributed by atoms with E-state index in [0.29, 0.717) is 0 Å². The lowest BCUT2D eigenvalue weighted by Crippen LogP contribution is -1.88. The van der Waals surface area contributed by atoms with Crippen molar-refractivity contribution in [2.75, 3.05) is 0 Å². The van der Waals surface area contributed by atoms with Gasteiger partial charge in [-0.3, -0.25) is 0 Å². The highest BCUT2D eigenvalue weighted by Crippen LogP contribution is 2.40. The Bertz CT molecular complexity index is 1260. The first kappa shape index (κ1) is 16.0. The van der Waals surface area contributed by atoms with Crippen LogP contribution >= 0.6 is 11.8 Å². The number of benzene rings is 3. The Morgan fingerprint density at radius 2 is 1.48 bits per heavy atom. The molecule has 0 saturated carbocycles. The number of hydrogen-bond donors (Lipinski definition) is 2. The minimum absolute atomic E-state index is 0.148. The molecule has 0 radical (unpaired) electrons. The molecule has 0 saturated heterocycles. The fourth-order valence-electron chi connectivity index (χ4n) is 3.36. The summed E-state index contributed by atoms with van der Waals surface area (Å²) in [6.45, 7) is 0. The van der Waals surface area contributed by atoms with Gasteiger partial charge in [-0.05, 0) is 30.3 Å². The van der Waals surface area contributed by atoms with Crippen LogP contribution in [0, 0.1) is 0 Å². The molecule has 0 spiro atoms. The van der Waals surface area contributed by atoms with Crippen LogP contribution in [0.4, 0.5) is 0 Å². The Balaban J connectivity index is 1.75. The van der Waals surface area contributed by atoms with Crippen molar-refractivity contribution in [2.45, 2.75) is 9.79 Å². The lowest BCUT2D eigenvalue weighted by Gasteiger charge is -2.10. The number of aromatic nitrogens is 2. The van der Waals surface area contributed by atoms with Gasteiger partial charge in [0.15, 0.2) is 5.88 Å². The van der Waals surface area contributed by atoms with Crippen LogP contribution in [0.2, 0.25) is 0 Å². The third kappa shape index (κ3) is 2.84. The average Bonchev–Trinajstić information content (AvgIpc) is 3.04. The smallest absolute Gasteiger partial charge is 0.199 e. The van der Waals surface area contributed by atoms with Crippen LogP contribution in [0.15, 0.2) is 94.7 Å². The summed E-state index contributed by atoms with van der Waals surface area (Å²) in [6, 6.07) is 28.4. The fraction of sp³-hybridized carbons (Fsp3) is 0. The van der Waals surface area contributed by atoms with Crippen LogP contribution in [-0.4, -0.2) is 15.1 Å². The molecule has 0 unspecified atom stereocenters. The van der Waals surface area contributed by atoms with Crippen LogP contribution in [0.5, 0.6) is 5.88 Å². The van der Waals surface area contributed by atoms with Crippen LogP contribution in [0.3, 0.4) is 0 Å². The van der Waals surface area contributed by atoms with Gasteiger partial charge in [-0.1, -0.05) is 66.4 Å². The zero-order valence-electron chi connectivity index (χ0n) is 14.4. The van der Waals surface area contributed by atoms with Crippen molar-refractivity contribution in [3.63, 3.8) is 0 Å². The summed E-state index contributed by atoms with van der Waals surface area (Å²) in [5, 5.41) is 12.6. The highest BCUT2D eigenvalue weighted by Gasteiger charge is 2.16. The second-order valence-electron chi connectivity index (χ2n) is 6.33. The normalized spacial score (nSPS) is 11.3. The molecule has 130 valence electrons. The molecule has 0 amide bonds. The molecule has 0 aliphatic heterocycles. The van der Waals surface area contributed by atoms with Crippen molar-refractivity contribution in [3.05, 3.63) is 84.9 Å². The summed E-state index contributed by atoms with van der Waals surface area (Å²) in [6.07, 6.45) is 0. The van der Waals surface area contributed by atoms with E-state index in [1.54, 1.807) is 11.8 Å². The topological polar surface area (TPSA) is 48.9 Å². The van der Waals surface area contributed by atoms with Gasteiger partial charge in [0.05, 0.1) is 16.8 Å². The summed E-state index contributed by atoms with van der Waals surface area (Å²) in [5.74, 6) is 0.148. The number of pyridine rings is 1. The Morgan fingerprint density at radius 1 is 0.778 bits per heavy atom. The molecule has 4 heteroatoms. The number of aromatic hydroxyl groups is 1. The molecule has 3 aromatic carbocycles. The number of fused-ring (bicyclic) bond motifs is 2. The van der Waals surface area contributed by atoms with Gasteiger partial charge in [0.1, 0.15) is 0 Å². The van der Waals surface area contributed by atoms with Gasteiger partial charge in [-0.2, -0.15) is 0 Å². The number of para-hydroxylation sites is 2. The van der Waals surface area contributed by atoms with Crippen molar-refractivity contribution < 1.29 is 5.11 Å². The van der Waals surface area contributed by atoms with E-state index < -0.39 is 0 Å². The van der Waals surface area contributed by atoms with Crippen LogP contribution < -0.4 is 0 Å². The second-order valence-corrected chi connectivity index (χ2v) is 7.45. The molecule has 0 fully saturated rings. The van der Waals surface area contributed by atoms with Gasteiger partial charge in [0.2, 0.25) is 0 Å². The zero-order valence-corrected chi connectivity index (χ0v) is 15.2.